The summed E-state index contributed by atoms with van der Waals surface area (Å²) in [4.78, 5) is 33.9. The van der Waals surface area contributed by atoms with Gasteiger partial charge in [-0.1, -0.05) is 18.7 Å². The van der Waals surface area contributed by atoms with Crippen LogP contribution in [-0.2, 0) is 15.7 Å². The summed E-state index contributed by atoms with van der Waals surface area (Å²) in [6.45, 7) is 7.18. The van der Waals surface area contributed by atoms with Crippen molar-refractivity contribution in [2.75, 3.05) is 30.3 Å². The number of ether oxygens (including phenoxy) is 1. The minimum absolute atomic E-state index is 0.0365. The average molecular weight is 612 g/mol. The van der Waals surface area contributed by atoms with Crippen molar-refractivity contribution in [3.8, 4) is 11.1 Å². The molecule has 1 amide bonds. The van der Waals surface area contributed by atoms with Crippen LogP contribution in [-0.4, -0.2) is 84.3 Å². The summed E-state index contributed by atoms with van der Waals surface area (Å²) in [5.41, 5.74) is -4.15. The first-order valence-corrected chi connectivity index (χ1v) is 14.3. The molecule has 4 radical (unpaired) electrons. The van der Waals surface area contributed by atoms with Gasteiger partial charge < -0.3 is 19.6 Å². The highest BCUT2D eigenvalue weighted by molar-refractivity contribution is 7.99. The number of aromatic nitrogens is 2. The molecule has 2 aromatic carbocycles. The second-order valence-corrected chi connectivity index (χ2v) is 11.7. The zero-order valence-electron chi connectivity index (χ0n) is 23.3. The fourth-order valence-electron chi connectivity index (χ4n) is 5.85. The number of benzene rings is 2. The molecule has 15 heteroatoms. The molecule has 3 atom stereocenters. The first-order chi connectivity index (χ1) is 20.1. The lowest BCUT2D eigenvalue weighted by atomic mass is 9.76. The molecule has 0 aliphatic carbocycles. The third kappa shape index (κ3) is 5.94. The quantitative estimate of drug-likeness (QED) is 0.198. The number of alkyl halides is 3. The first-order valence-electron chi connectivity index (χ1n) is 13.3. The number of rotatable bonds is 6. The predicted octanol–water partition coefficient (Wildman–Crippen LogP) is 3.44. The highest BCUT2D eigenvalue weighted by atomic mass is 32.2. The SMILES string of the molecule is [B]C([B])(O)OCC1CSc2c(-c3ccc(F)cc3)c(C(F)(F)F)cc3c(N4CC(C)N(C(=O)C=C)C(C)C4)nc(=O)n1c23. The van der Waals surface area contributed by atoms with Crippen molar-refractivity contribution in [1.82, 2.24) is 14.5 Å². The summed E-state index contributed by atoms with van der Waals surface area (Å²) in [6, 6.07) is 4.06. The molecule has 1 aromatic heterocycles. The van der Waals surface area contributed by atoms with Gasteiger partial charge in [0, 0.05) is 46.8 Å². The summed E-state index contributed by atoms with van der Waals surface area (Å²) in [6.07, 6.45) is -3.62. The molecule has 2 aliphatic heterocycles. The highest BCUT2D eigenvalue weighted by Crippen LogP contribution is 2.50. The Bertz CT molecular complexity index is 1630. The minimum atomic E-state index is -4.82. The largest absolute Gasteiger partial charge is 0.417 e. The minimum Gasteiger partial charge on any atom is -0.384 e. The molecule has 3 heterocycles. The summed E-state index contributed by atoms with van der Waals surface area (Å²) in [5.74, 6) is -0.806. The standard InChI is InChI=1S/C28H26B2F4N4O4S/c1-4-21(39)37-14(2)10-36(11-15(37)3)25-19-9-20(27(32,33)34)22(16-5-7-17(31)8-6-16)24-23(19)38(26(40)35-25)18(13-43-24)12-42-28(29,30)41/h4-9,14-15,18,41H,1,10-13H2,2-3H3. The molecule has 1 fully saturated rings. The van der Waals surface area contributed by atoms with Crippen LogP contribution in [0.2, 0.25) is 0 Å². The van der Waals surface area contributed by atoms with Crippen molar-refractivity contribution in [1.29, 1.82) is 0 Å². The van der Waals surface area contributed by atoms with Crippen LogP contribution in [0.1, 0.15) is 25.5 Å². The van der Waals surface area contributed by atoms with Crippen molar-refractivity contribution in [3.63, 3.8) is 0 Å². The molecule has 1 saturated heterocycles. The van der Waals surface area contributed by atoms with Crippen LogP contribution >= 0.6 is 11.8 Å². The number of piperazine rings is 1. The van der Waals surface area contributed by atoms with Crippen molar-refractivity contribution in [3.05, 3.63) is 64.9 Å². The molecule has 0 spiro atoms. The van der Waals surface area contributed by atoms with E-state index in [1.54, 1.807) is 23.6 Å². The van der Waals surface area contributed by atoms with E-state index in [1.807, 2.05) is 0 Å². The maximum absolute atomic E-state index is 14.7. The Balaban J connectivity index is 1.79. The van der Waals surface area contributed by atoms with Gasteiger partial charge in [0.25, 0.3) is 0 Å². The number of carbonyl (C=O) groups is 1. The Morgan fingerprint density at radius 2 is 1.84 bits per heavy atom. The summed E-state index contributed by atoms with van der Waals surface area (Å²) in [7, 11) is 10.7. The first kappa shape index (κ1) is 31.1. The van der Waals surface area contributed by atoms with Gasteiger partial charge in [0.15, 0.2) is 0 Å². The molecular weight excluding hydrogens is 586 g/mol. The maximum atomic E-state index is 14.7. The summed E-state index contributed by atoms with van der Waals surface area (Å²) < 4.78 is 64.4. The lowest BCUT2D eigenvalue weighted by Crippen LogP contribution is -2.58. The van der Waals surface area contributed by atoms with Crippen LogP contribution in [0, 0.1) is 5.82 Å². The molecule has 222 valence electrons. The van der Waals surface area contributed by atoms with E-state index in [2.05, 4.69) is 11.6 Å². The van der Waals surface area contributed by atoms with Crippen LogP contribution in [0.3, 0.4) is 0 Å². The molecule has 3 unspecified atom stereocenters. The topological polar surface area (TPSA) is 87.9 Å². The summed E-state index contributed by atoms with van der Waals surface area (Å²) in [5, 5.41) is 9.78. The Hall–Kier alpha value is -3.29. The zero-order valence-corrected chi connectivity index (χ0v) is 24.1. The van der Waals surface area contributed by atoms with E-state index in [9.17, 15) is 32.3 Å². The Morgan fingerprint density at radius 1 is 1.21 bits per heavy atom. The number of hydrogen-bond donors (Lipinski definition) is 1. The summed E-state index contributed by atoms with van der Waals surface area (Å²) >= 11 is 1.06. The van der Waals surface area contributed by atoms with Crippen LogP contribution in [0.25, 0.3) is 22.0 Å². The molecule has 0 bridgehead atoms. The fourth-order valence-corrected chi connectivity index (χ4v) is 7.17. The van der Waals surface area contributed by atoms with Crippen LogP contribution in [0.15, 0.2) is 52.7 Å². The third-order valence-corrected chi connectivity index (χ3v) is 8.76. The van der Waals surface area contributed by atoms with Gasteiger partial charge in [0.05, 0.1) is 29.3 Å². The fraction of sp³-hybridized carbons (Fsp3) is 0.393. The second kappa shape index (κ2) is 11.3. The van der Waals surface area contributed by atoms with E-state index >= 15 is 0 Å². The number of nitrogens with zero attached hydrogens (tertiary/aromatic N) is 4. The van der Waals surface area contributed by atoms with E-state index in [-0.39, 0.29) is 76.2 Å². The molecule has 3 aromatic rings. The number of thioether (sulfide) groups is 1. The second-order valence-electron chi connectivity index (χ2n) is 10.7. The number of anilines is 1. The average Bonchev–Trinajstić information content (AvgIpc) is 2.92. The van der Waals surface area contributed by atoms with Crippen LogP contribution in [0.4, 0.5) is 23.4 Å². The normalized spacial score (nSPS) is 20.9. The van der Waals surface area contributed by atoms with Crippen LogP contribution < -0.4 is 10.6 Å². The molecule has 0 saturated carbocycles. The van der Waals surface area contributed by atoms with E-state index in [1.165, 1.54) is 22.8 Å². The number of amides is 1. The molecule has 5 rings (SSSR count). The van der Waals surface area contributed by atoms with Crippen LogP contribution in [0.5, 0.6) is 0 Å². The number of halogens is 4. The van der Waals surface area contributed by atoms with Crippen molar-refractivity contribution in [2.45, 2.75) is 48.6 Å². The van der Waals surface area contributed by atoms with E-state index in [0.717, 1.165) is 30.0 Å². The molecular formula is C28H26B2F4N4O4S. The smallest absolute Gasteiger partial charge is 0.384 e. The Labute approximate surface area is 251 Å². The van der Waals surface area contributed by atoms with Crippen molar-refractivity contribution < 1.29 is 32.2 Å². The van der Waals surface area contributed by atoms with Gasteiger partial charge in [-0.2, -0.15) is 18.2 Å². The Kier molecular flexibility index (Phi) is 8.20. The maximum Gasteiger partial charge on any atom is 0.417 e. The van der Waals surface area contributed by atoms with Gasteiger partial charge in [0.2, 0.25) is 5.91 Å². The number of aliphatic hydroxyl groups is 1. The van der Waals surface area contributed by atoms with Gasteiger partial charge in [-0.3, -0.25) is 9.36 Å². The molecule has 2 aliphatic rings. The number of carbonyl (C=O) groups excluding carboxylic acids is 1. The van der Waals surface area contributed by atoms with Gasteiger partial charge in [-0.15, -0.1) is 11.8 Å². The van der Waals surface area contributed by atoms with Gasteiger partial charge in [0.1, 0.15) is 27.3 Å². The van der Waals surface area contributed by atoms with E-state index < -0.39 is 34.9 Å². The highest BCUT2D eigenvalue weighted by Gasteiger charge is 2.40. The molecule has 8 nitrogen and oxygen atoms in total. The van der Waals surface area contributed by atoms with E-state index in [4.69, 9.17) is 20.4 Å². The van der Waals surface area contributed by atoms with Gasteiger partial charge >= 0.3 is 11.9 Å². The zero-order chi connectivity index (χ0) is 31.4. The Morgan fingerprint density at radius 3 is 2.40 bits per heavy atom. The lowest BCUT2D eigenvalue weighted by Gasteiger charge is -2.45. The predicted molar refractivity (Wildman–Crippen MR) is 157 cm³/mol. The molecule has 43 heavy (non-hydrogen) atoms. The van der Waals surface area contributed by atoms with Crippen molar-refractivity contribution in [2.24, 2.45) is 0 Å². The third-order valence-electron chi connectivity index (χ3n) is 7.52. The monoisotopic (exact) mass is 612 g/mol. The lowest BCUT2D eigenvalue weighted by molar-refractivity contribution is -0.137. The molecule has 1 N–H and O–H groups in total. The van der Waals surface area contributed by atoms with Crippen molar-refractivity contribution >= 4 is 50.1 Å². The van der Waals surface area contributed by atoms with Gasteiger partial charge in [-0.05, 0) is 43.7 Å². The van der Waals surface area contributed by atoms with E-state index in [0.29, 0.717) is 0 Å². The van der Waals surface area contributed by atoms with Gasteiger partial charge in [-0.25, -0.2) is 9.18 Å². The number of hydrogen-bond acceptors (Lipinski definition) is 7.